The lowest BCUT2D eigenvalue weighted by molar-refractivity contribution is 0.00396. The Morgan fingerprint density at radius 1 is 1.32 bits per heavy atom. The number of hydrogen-bond acceptors (Lipinski definition) is 5. The van der Waals surface area contributed by atoms with Crippen molar-refractivity contribution in [3.05, 3.63) is 41.7 Å². The van der Waals surface area contributed by atoms with Gasteiger partial charge in [0.15, 0.2) is 0 Å². The number of ether oxygens (including phenoxy) is 1. The van der Waals surface area contributed by atoms with Crippen LogP contribution in [0, 0.1) is 6.92 Å². The number of carbonyl (C=O) groups is 1. The normalized spacial score (nSPS) is 15.5. The number of hydrogen-bond donors (Lipinski definition) is 1. The molecule has 25 heavy (non-hydrogen) atoms. The van der Waals surface area contributed by atoms with Crippen LogP contribution in [0.3, 0.4) is 0 Å². The Morgan fingerprint density at radius 2 is 2.04 bits per heavy atom. The first kappa shape index (κ1) is 17.6. The van der Waals surface area contributed by atoms with Crippen LogP contribution in [-0.4, -0.2) is 53.5 Å². The molecule has 1 aliphatic heterocycles. The SMILES string of the molecule is Cc1onc(-c2ccccc2)c1C(=O)N1CCC(OCCCO)CC1. The largest absolute Gasteiger partial charge is 0.396 e. The maximum absolute atomic E-state index is 13.0. The van der Waals surface area contributed by atoms with Crippen molar-refractivity contribution in [1.29, 1.82) is 0 Å². The maximum Gasteiger partial charge on any atom is 0.259 e. The molecule has 1 amide bonds. The van der Waals surface area contributed by atoms with E-state index in [9.17, 15) is 4.79 Å². The highest BCUT2D eigenvalue weighted by molar-refractivity contribution is 6.00. The van der Waals surface area contributed by atoms with Crippen molar-refractivity contribution in [3.63, 3.8) is 0 Å². The lowest BCUT2D eigenvalue weighted by Gasteiger charge is -2.32. The van der Waals surface area contributed by atoms with Crippen LogP contribution in [0.1, 0.15) is 35.4 Å². The summed E-state index contributed by atoms with van der Waals surface area (Å²) in [6.45, 7) is 3.80. The number of piperidine rings is 1. The third kappa shape index (κ3) is 4.08. The van der Waals surface area contributed by atoms with Gasteiger partial charge in [-0.1, -0.05) is 35.5 Å². The average Bonchev–Trinajstić information content (AvgIpc) is 3.04. The van der Waals surface area contributed by atoms with E-state index in [0.717, 1.165) is 18.4 Å². The van der Waals surface area contributed by atoms with E-state index in [0.29, 0.717) is 43.1 Å². The quantitative estimate of drug-likeness (QED) is 0.815. The van der Waals surface area contributed by atoms with Crippen LogP contribution < -0.4 is 0 Å². The molecule has 0 atom stereocenters. The topological polar surface area (TPSA) is 75.8 Å². The number of aryl methyl sites for hydroxylation is 1. The number of aromatic nitrogens is 1. The van der Waals surface area contributed by atoms with E-state index in [-0.39, 0.29) is 18.6 Å². The number of benzene rings is 1. The van der Waals surface area contributed by atoms with Crippen molar-refractivity contribution in [3.8, 4) is 11.3 Å². The van der Waals surface area contributed by atoms with Gasteiger partial charge in [-0.2, -0.15) is 0 Å². The predicted molar refractivity (Wildman–Crippen MR) is 93.3 cm³/mol. The van der Waals surface area contributed by atoms with Gasteiger partial charge in [0.25, 0.3) is 5.91 Å². The molecule has 1 aromatic carbocycles. The Hall–Kier alpha value is -2.18. The van der Waals surface area contributed by atoms with Crippen LogP contribution in [0.5, 0.6) is 0 Å². The Kier molecular flexibility index (Phi) is 5.83. The fraction of sp³-hybridized carbons (Fsp3) is 0.474. The van der Waals surface area contributed by atoms with Crippen molar-refractivity contribution < 1.29 is 19.2 Å². The van der Waals surface area contributed by atoms with E-state index in [1.165, 1.54) is 0 Å². The molecule has 0 radical (unpaired) electrons. The molecule has 2 aromatic rings. The molecule has 6 nitrogen and oxygen atoms in total. The summed E-state index contributed by atoms with van der Waals surface area (Å²) in [5.74, 6) is 0.511. The molecule has 1 aromatic heterocycles. The highest BCUT2D eigenvalue weighted by Gasteiger charge is 2.29. The number of nitrogens with zero attached hydrogens (tertiary/aromatic N) is 2. The lowest BCUT2D eigenvalue weighted by Crippen LogP contribution is -2.41. The summed E-state index contributed by atoms with van der Waals surface area (Å²) in [7, 11) is 0. The summed E-state index contributed by atoms with van der Waals surface area (Å²) in [6, 6.07) is 9.62. The summed E-state index contributed by atoms with van der Waals surface area (Å²) >= 11 is 0. The molecule has 3 rings (SSSR count). The minimum Gasteiger partial charge on any atom is -0.396 e. The first-order valence-electron chi connectivity index (χ1n) is 8.74. The molecule has 0 aliphatic carbocycles. The van der Waals surface area contributed by atoms with Gasteiger partial charge in [-0.15, -0.1) is 0 Å². The van der Waals surface area contributed by atoms with Gasteiger partial charge in [0.05, 0.1) is 6.10 Å². The van der Waals surface area contributed by atoms with Crippen molar-refractivity contribution in [1.82, 2.24) is 10.1 Å². The molecule has 0 bridgehead atoms. The van der Waals surface area contributed by atoms with Gasteiger partial charge in [-0.3, -0.25) is 4.79 Å². The second-order valence-corrected chi connectivity index (χ2v) is 6.27. The predicted octanol–water partition coefficient (Wildman–Crippen LogP) is 2.65. The van der Waals surface area contributed by atoms with E-state index < -0.39 is 0 Å². The van der Waals surface area contributed by atoms with Crippen LogP contribution >= 0.6 is 0 Å². The highest BCUT2D eigenvalue weighted by Crippen LogP contribution is 2.27. The van der Waals surface area contributed by atoms with E-state index in [4.69, 9.17) is 14.4 Å². The minimum absolute atomic E-state index is 0.0357. The molecular weight excluding hydrogens is 320 g/mol. The summed E-state index contributed by atoms with van der Waals surface area (Å²) in [4.78, 5) is 14.8. The van der Waals surface area contributed by atoms with Crippen LogP contribution in [-0.2, 0) is 4.74 Å². The Bertz CT molecular complexity index is 691. The highest BCUT2D eigenvalue weighted by atomic mass is 16.5. The van der Waals surface area contributed by atoms with Gasteiger partial charge in [-0.25, -0.2) is 0 Å². The molecule has 1 saturated heterocycles. The van der Waals surface area contributed by atoms with Crippen LogP contribution in [0.15, 0.2) is 34.9 Å². The molecule has 6 heteroatoms. The first-order chi connectivity index (χ1) is 12.2. The minimum atomic E-state index is -0.0357. The number of likely N-dealkylation sites (tertiary alicyclic amines) is 1. The fourth-order valence-electron chi connectivity index (χ4n) is 3.12. The van der Waals surface area contributed by atoms with E-state index in [2.05, 4.69) is 5.16 Å². The van der Waals surface area contributed by atoms with Crippen LogP contribution in [0.25, 0.3) is 11.3 Å². The smallest absolute Gasteiger partial charge is 0.259 e. The summed E-state index contributed by atoms with van der Waals surface area (Å²) in [5, 5.41) is 12.9. The summed E-state index contributed by atoms with van der Waals surface area (Å²) < 4.78 is 11.0. The van der Waals surface area contributed by atoms with Crippen LogP contribution in [0.2, 0.25) is 0 Å². The summed E-state index contributed by atoms with van der Waals surface area (Å²) in [6.07, 6.45) is 2.43. The van der Waals surface area contributed by atoms with Gasteiger partial charge in [0, 0.05) is 31.9 Å². The molecule has 1 aliphatic rings. The fourth-order valence-corrected chi connectivity index (χ4v) is 3.12. The van der Waals surface area contributed by atoms with E-state index >= 15 is 0 Å². The number of rotatable bonds is 6. The second-order valence-electron chi connectivity index (χ2n) is 6.27. The van der Waals surface area contributed by atoms with Gasteiger partial charge in [-0.05, 0) is 26.2 Å². The Labute approximate surface area is 147 Å². The third-order valence-electron chi connectivity index (χ3n) is 4.51. The van der Waals surface area contributed by atoms with Crippen LogP contribution in [0.4, 0.5) is 0 Å². The van der Waals surface area contributed by atoms with Gasteiger partial charge in [0.2, 0.25) is 0 Å². The molecule has 1 N–H and O–H groups in total. The number of aliphatic hydroxyl groups is 1. The molecular formula is C19H24N2O4. The molecule has 1 fully saturated rings. The first-order valence-corrected chi connectivity index (χ1v) is 8.74. The average molecular weight is 344 g/mol. The molecule has 134 valence electrons. The number of aliphatic hydroxyl groups excluding tert-OH is 1. The van der Waals surface area contributed by atoms with E-state index in [1.54, 1.807) is 6.92 Å². The van der Waals surface area contributed by atoms with Crippen molar-refractivity contribution in [2.45, 2.75) is 32.3 Å². The number of carbonyl (C=O) groups excluding carboxylic acids is 1. The lowest BCUT2D eigenvalue weighted by atomic mass is 10.0. The van der Waals surface area contributed by atoms with Gasteiger partial charge >= 0.3 is 0 Å². The zero-order chi connectivity index (χ0) is 17.6. The molecule has 0 saturated carbocycles. The standard InChI is InChI=1S/C19H24N2O4/c1-14-17(18(20-25-14)15-6-3-2-4-7-15)19(23)21-10-8-16(9-11-21)24-13-5-12-22/h2-4,6-7,16,22H,5,8-13H2,1H3. The van der Waals surface area contributed by atoms with Crippen molar-refractivity contribution >= 4 is 5.91 Å². The van der Waals surface area contributed by atoms with Gasteiger partial charge < -0.3 is 19.3 Å². The molecule has 0 spiro atoms. The molecule has 0 unspecified atom stereocenters. The Morgan fingerprint density at radius 3 is 2.72 bits per heavy atom. The van der Waals surface area contributed by atoms with Gasteiger partial charge in [0.1, 0.15) is 17.0 Å². The van der Waals surface area contributed by atoms with Crippen molar-refractivity contribution in [2.75, 3.05) is 26.3 Å². The monoisotopic (exact) mass is 344 g/mol. The maximum atomic E-state index is 13.0. The summed E-state index contributed by atoms with van der Waals surface area (Å²) in [5.41, 5.74) is 2.03. The van der Waals surface area contributed by atoms with E-state index in [1.807, 2.05) is 35.2 Å². The zero-order valence-corrected chi connectivity index (χ0v) is 14.5. The van der Waals surface area contributed by atoms with Crippen molar-refractivity contribution in [2.24, 2.45) is 0 Å². The third-order valence-corrected chi connectivity index (χ3v) is 4.51. The number of amides is 1. The molecule has 2 heterocycles. The zero-order valence-electron chi connectivity index (χ0n) is 14.5. The second kappa shape index (κ2) is 8.27. The Balaban J connectivity index is 1.68.